The average Bonchev–Trinajstić information content (AvgIpc) is 2.92. The van der Waals surface area contributed by atoms with Gasteiger partial charge in [0, 0.05) is 12.7 Å². The molecule has 0 aliphatic heterocycles. The number of aromatic nitrogens is 3. The summed E-state index contributed by atoms with van der Waals surface area (Å²) in [5.74, 6) is 0. The zero-order valence-electron chi connectivity index (χ0n) is 11.0. The number of hydrogen-bond acceptors (Lipinski definition) is 5. The molecular formula is C12H16N4O3S. The molecule has 20 heavy (non-hydrogen) atoms. The molecule has 0 saturated carbocycles. The van der Waals surface area contributed by atoms with Crippen molar-refractivity contribution in [2.75, 3.05) is 6.54 Å². The Labute approximate surface area is 117 Å². The number of nitrogens with one attached hydrogen (secondary N) is 1. The van der Waals surface area contributed by atoms with Crippen LogP contribution in [0, 0.1) is 6.92 Å². The summed E-state index contributed by atoms with van der Waals surface area (Å²) in [5, 5.41) is 16.6. The number of aliphatic hydroxyl groups is 1. The highest BCUT2D eigenvalue weighted by Crippen LogP contribution is 2.15. The van der Waals surface area contributed by atoms with Crippen molar-refractivity contribution in [3.63, 3.8) is 0 Å². The van der Waals surface area contributed by atoms with Gasteiger partial charge in [0.05, 0.1) is 24.2 Å². The van der Waals surface area contributed by atoms with Crippen molar-refractivity contribution in [2.24, 2.45) is 0 Å². The highest BCUT2D eigenvalue weighted by molar-refractivity contribution is 7.89. The second kappa shape index (κ2) is 6.12. The van der Waals surface area contributed by atoms with Crippen LogP contribution in [0.15, 0.2) is 35.5 Å². The Bertz CT molecular complexity index is 668. The van der Waals surface area contributed by atoms with Gasteiger partial charge in [0.25, 0.3) is 0 Å². The van der Waals surface area contributed by atoms with Gasteiger partial charge in [0.2, 0.25) is 10.0 Å². The van der Waals surface area contributed by atoms with E-state index in [-0.39, 0.29) is 18.0 Å². The molecule has 0 unspecified atom stereocenters. The molecule has 7 nitrogen and oxygen atoms in total. The molecule has 0 fully saturated rings. The van der Waals surface area contributed by atoms with Gasteiger partial charge < -0.3 is 5.11 Å². The van der Waals surface area contributed by atoms with Crippen LogP contribution in [0.25, 0.3) is 0 Å². The third kappa shape index (κ3) is 3.41. The summed E-state index contributed by atoms with van der Waals surface area (Å²) < 4.78 is 28.2. The Morgan fingerprint density at radius 2 is 2.20 bits per heavy atom. The predicted molar refractivity (Wildman–Crippen MR) is 72.3 cm³/mol. The molecule has 8 heteroatoms. The van der Waals surface area contributed by atoms with E-state index in [0.29, 0.717) is 12.1 Å². The zero-order chi connectivity index (χ0) is 14.6. The first kappa shape index (κ1) is 14.6. The molecular weight excluding hydrogens is 280 g/mol. The maximum absolute atomic E-state index is 12.1. The standard InChI is InChI=1S/C12H16N4O3S/c1-10-2-3-12(8-11(10)9-17)20(18,19)14-5-7-16-6-4-13-15-16/h2-4,6,8,14,17H,5,7,9H2,1H3. The molecule has 1 heterocycles. The Morgan fingerprint density at radius 1 is 1.40 bits per heavy atom. The van der Waals surface area contributed by atoms with Crippen molar-refractivity contribution in [1.29, 1.82) is 0 Å². The molecule has 2 rings (SSSR count). The smallest absolute Gasteiger partial charge is 0.240 e. The van der Waals surface area contributed by atoms with Gasteiger partial charge in [-0.15, -0.1) is 5.10 Å². The van der Waals surface area contributed by atoms with Crippen molar-refractivity contribution < 1.29 is 13.5 Å². The van der Waals surface area contributed by atoms with Gasteiger partial charge in [0.1, 0.15) is 0 Å². The van der Waals surface area contributed by atoms with Crippen LogP contribution in [0.3, 0.4) is 0 Å². The Hall–Kier alpha value is -1.77. The van der Waals surface area contributed by atoms with E-state index in [1.807, 2.05) is 6.92 Å². The van der Waals surface area contributed by atoms with Crippen LogP contribution in [0.4, 0.5) is 0 Å². The predicted octanol–water partition coefficient (Wildman–Crippen LogP) is 0.0573. The lowest BCUT2D eigenvalue weighted by molar-refractivity contribution is 0.280. The Kier molecular flexibility index (Phi) is 4.48. The molecule has 0 amide bonds. The summed E-state index contributed by atoms with van der Waals surface area (Å²) in [5.41, 5.74) is 1.46. The number of sulfonamides is 1. The van der Waals surface area contributed by atoms with E-state index in [2.05, 4.69) is 15.0 Å². The lowest BCUT2D eigenvalue weighted by atomic mass is 10.1. The minimum atomic E-state index is -3.59. The highest BCUT2D eigenvalue weighted by atomic mass is 32.2. The number of nitrogens with zero attached hydrogens (tertiary/aromatic N) is 3. The topological polar surface area (TPSA) is 97.1 Å². The van der Waals surface area contributed by atoms with Crippen LogP contribution in [0.5, 0.6) is 0 Å². The molecule has 2 N–H and O–H groups in total. The van der Waals surface area contributed by atoms with Gasteiger partial charge in [-0.25, -0.2) is 13.1 Å². The molecule has 0 spiro atoms. The van der Waals surface area contributed by atoms with E-state index in [1.54, 1.807) is 12.3 Å². The van der Waals surface area contributed by atoms with Gasteiger partial charge in [-0.05, 0) is 30.2 Å². The number of aliphatic hydroxyl groups excluding tert-OH is 1. The SMILES string of the molecule is Cc1ccc(S(=O)(=O)NCCn2ccnn2)cc1CO. The lowest BCUT2D eigenvalue weighted by Gasteiger charge is -2.09. The van der Waals surface area contributed by atoms with E-state index in [4.69, 9.17) is 0 Å². The molecule has 0 aliphatic carbocycles. The quantitative estimate of drug-likeness (QED) is 0.785. The molecule has 2 aromatic rings. The lowest BCUT2D eigenvalue weighted by Crippen LogP contribution is -2.27. The van der Waals surface area contributed by atoms with Gasteiger partial charge in [-0.3, -0.25) is 4.68 Å². The van der Waals surface area contributed by atoms with Crippen molar-refractivity contribution in [1.82, 2.24) is 19.7 Å². The minimum Gasteiger partial charge on any atom is -0.392 e. The fourth-order valence-corrected chi connectivity index (χ4v) is 2.79. The van der Waals surface area contributed by atoms with Crippen LogP contribution in [-0.4, -0.2) is 35.1 Å². The fraction of sp³-hybridized carbons (Fsp3) is 0.333. The summed E-state index contributed by atoms with van der Waals surface area (Å²) in [4.78, 5) is 0.144. The van der Waals surface area contributed by atoms with Crippen molar-refractivity contribution in [3.8, 4) is 0 Å². The maximum Gasteiger partial charge on any atom is 0.240 e. The van der Waals surface area contributed by atoms with Crippen molar-refractivity contribution in [2.45, 2.75) is 25.0 Å². The fourth-order valence-electron chi connectivity index (χ4n) is 1.72. The van der Waals surface area contributed by atoms with E-state index in [1.165, 1.54) is 23.0 Å². The first-order valence-corrected chi connectivity index (χ1v) is 7.55. The monoisotopic (exact) mass is 296 g/mol. The molecule has 1 aromatic carbocycles. The average molecular weight is 296 g/mol. The highest BCUT2D eigenvalue weighted by Gasteiger charge is 2.14. The first-order valence-electron chi connectivity index (χ1n) is 6.07. The van der Waals surface area contributed by atoms with Gasteiger partial charge in [-0.2, -0.15) is 0 Å². The molecule has 0 radical (unpaired) electrons. The van der Waals surface area contributed by atoms with Crippen LogP contribution in [0.2, 0.25) is 0 Å². The van der Waals surface area contributed by atoms with Crippen molar-refractivity contribution >= 4 is 10.0 Å². The van der Waals surface area contributed by atoms with Crippen LogP contribution in [0.1, 0.15) is 11.1 Å². The minimum absolute atomic E-state index is 0.144. The summed E-state index contributed by atoms with van der Waals surface area (Å²) in [6, 6.07) is 4.68. The molecule has 0 atom stereocenters. The van der Waals surface area contributed by atoms with E-state index >= 15 is 0 Å². The largest absolute Gasteiger partial charge is 0.392 e. The van der Waals surface area contributed by atoms with Crippen LogP contribution >= 0.6 is 0 Å². The number of benzene rings is 1. The number of hydrogen-bond donors (Lipinski definition) is 2. The third-order valence-electron chi connectivity index (χ3n) is 2.91. The first-order chi connectivity index (χ1) is 9.53. The Balaban J connectivity index is 2.06. The second-order valence-electron chi connectivity index (χ2n) is 4.31. The van der Waals surface area contributed by atoms with Crippen LogP contribution < -0.4 is 4.72 Å². The molecule has 108 valence electrons. The van der Waals surface area contributed by atoms with Gasteiger partial charge in [-0.1, -0.05) is 11.3 Å². The normalized spacial score (nSPS) is 11.7. The summed E-state index contributed by atoms with van der Waals surface area (Å²) in [7, 11) is -3.59. The van der Waals surface area contributed by atoms with Crippen molar-refractivity contribution in [3.05, 3.63) is 41.7 Å². The second-order valence-corrected chi connectivity index (χ2v) is 6.08. The van der Waals surface area contributed by atoms with E-state index in [0.717, 1.165) is 5.56 Å². The van der Waals surface area contributed by atoms with Gasteiger partial charge in [0.15, 0.2) is 0 Å². The molecule has 0 aliphatic rings. The molecule has 1 aromatic heterocycles. The number of rotatable bonds is 6. The Morgan fingerprint density at radius 3 is 2.85 bits per heavy atom. The number of aryl methyl sites for hydroxylation is 1. The summed E-state index contributed by atoms with van der Waals surface area (Å²) in [6.07, 6.45) is 3.19. The summed E-state index contributed by atoms with van der Waals surface area (Å²) in [6.45, 7) is 2.25. The van der Waals surface area contributed by atoms with E-state index < -0.39 is 10.0 Å². The zero-order valence-corrected chi connectivity index (χ0v) is 11.8. The molecule has 0 saturated heterocycles. The van der Waals surface area contributed by atoms with Gasteiger partial charge >= 0.3 is 0 Å². The summed E-state index contributed by atoms with van der Waals surface area (Å²) >= 11 is 0. The van der Waals surface area contributed by atoms with E-state index in [9.17, 15) is 13.5 Å². The molecule has 0 bridgehead atoms. The van der Waals surface area contributed by atoms with Crippen LogP contribution in [-0.2, 0) is 23.2 Å². The maximum atomic E-state index is 12.1. The third-order valence-corrected chi connectivity index (χ3v) is 4.36.